The summed E-state index contributed by atoms with van der Waals surface area (Å²) in [6.07, 6.45) is 3.81. The summed E-state index contributed by atoms with van der Waals surface area (Å²) in [4.78, 5) is 0. The van der Waals surface area contributed by atoms with Gasteiger partial charge in [0.25, 0.3) is 0 Å². The molecule has 22 heavy (non-hydrogen) atoms. The number of hydrogen-bond acceptors (Lipinski definition) is 5. The van der Waals surface area contributed by atoms with Crippen molar-refractivity contribution in [3.8, 4) is 0 Å². The van der Waals surface area contributed by atoms with Gasteiger partial charge in [-0.15, -0.1) is 0 Å². The quantitative estimate of drug-likeness (QED) is 0.482. The van der Waals surface area contributed by atoms with E-state index in [0.29, 0.717) is 12.1 Å². The van der Waals surface area contributed by atoms with E-state index in [9.17, 15) is 5.11 Å². The molecule has 2 rings (SSSR count). The molecule has 0 saturated heterocycles. The van der Waals surface area contributed by atoms with Crippen molar-refractivity contribution in [2.75, 3.05) is 14.1 Å². The molecule has 0 unspecified atom stereocenters. The molecule has 118 valence electrons. The van der Waals surface area contributed by atoms with Crippen molar-refractivity contribution in [1.29, 1.82) is 0 Å². The van der Waals surface area contributed by atoms with Crippen molar-refractivity contribution in [3.05, 3.63) is 40.6 Å². The Balaban J connectivity index is 2.41. The van der Waals surface area contributed by atoms with Crippen LogP contribution >= 0.6 is 0 Å². The number of allylic oxidation sites excluding steroid dienone is 1. The number of rotatable bonds is 6. The fraction of sp³-hybridized carbons (Fsp3) is 0.412. The molecule has 0 atom stereocenters. The van der Waals surface area contributed by atoms with Crippen molar-refractivity contribution in [2.24, 2.45) is 10.2 Å². The van der Waals surface area contributed by atoms with Gasteiger partial charge in [0.1, 0.15) is 11.5 Å². The normalized spacial score (nSPS) is 15.1. The predicted octanol–water partition coefficient (Wildman–Crippen LogP) is 2.93. The van der Waals surface area contributed by atoms with Crippen molar-refractivity contribution in [3.63, 3.8) is 0 Å². The zero-order valence-electron chi connectivity index (χ0n) is 13.6. The second-order valence-corrected chi connectivity index (χ2v) is 5.54. The molecule has 1 aromatic carbocycles. The summed E-state index contributed by atoms with van der Waals surface area (Å²) in [5, 5.41) is 20.2. The maximum atomic E-state index is 10.6. The molecule has 2 N–H and O–H groups in total. The highest BCUT2D eigenvalue weighted by molar-refractivity contribution is 5.85. The number of aryl methyl sites for hydroxylation is 2. The lowest BCUT2D eigenvalue weighted by atomic mass is 10.0. The molecule has 0 radical (unpaired) electrons. The number of aliphatic hydroxyl groups excluding tert-OH is 1. The summed E-state index contributed by atoms with van der Waals surface area (Å²) < 4.78 is 0. The van der Waals surface area contributed by atoms with Crippen LogP contribution in [0.25, 0.3) is 5.70 Å². The number of hydrazone groups is 2. The highest BCUT2D eigenvalue weighted by Crippen LogP contribution is 2.29. The van der Waals surface area contributed by atoms with Gasteiger partial charge in [-0.3, -0.25) is 5.01 Å². The van der Waals surface area contributed by atoms with E-state index in [4.69, 9.17) is 0 Å². The summed E-state index contributed by atoms with van der Waals surface area (Å²) in [5.74, 6) is 0.240. The van der Waals surface area contributed by atoms with Crippen LogP contribution in [0.3, 0.4) is 0 Å². The molecule has 5 nitrogen and oxygen atoms in total. The summed E-state index contributed by atoms with van der Waals surface area (Å²) >= 11 is 0. The van der Waals surface area contributed by atoms with E-state index < -0.39 is 0 Å². The number of fused-ring (bicyclic) bond motifs is 1. The third-order valence-corrected chi connectivity index (χ3v) is 3.91. The van der Waals surface area contributed by atoms with Crippen LogP contribution in [0.1, 0.15) is 36.5 Å². The highest BCUT2D eigenvalue weighted by Gasteiger charge is 2.17. The third kappa shape index (κ3) is 3.47. The average molecular weight is 300 g/mol. The van der Waals surface area contributed by atoms with Crippen LogP contribution in [0.15, 0.2) is 34.2 Å². The second-order valence-electron chi connectivity index (χ2n) is 5.54. The van der Waals surface area contributed by atoms with Gasteiger partial charge in [-0.25, -0.2) is 0 Å². The Morgan fingerprint density at radius 1 is 1.36 bits per heavy atom. The smallest absolute Gasteiger partial charge is 0.124 e. The first-order valence-electron chi connectivity index (χ1n) is 7.51. The molecular formula is C17H24N4O. The standard InChI is InChI=1S/C17H24N4O/c1-12(20-18-2)10-16(22)17(21(4)19-3)15-9-8-13-6-5-7-14(13)11-15/h8-9,11,18,22H,3,5-7,10H2,1-2,4H3/b17-16+,20-12+. The first-order chi connectivity index (χ1) is 10.6. The summed E-state index contributed by atoms with van der Waals surface area (Å²) in [6.45, 7) is 5.43. The Labute approximate surface area is 132 Å². The summed E-state index contributed by atoms with van der Waals surface area (Å²) in [5.41, 5.74) is 7.94. The van der Waals surface area contributed by atoms with Crippen LogP contribution < -0.4 is 5.43 Å². The second kappa shape index (κ2) is 7.11. The van der Waals surface area contributed by atoms with Crippen molar-refractivity contribution < 1.29 is 5.11 Å². The SMILES string of the molecule is C=NN(C)/C(=C(/O)C/C(C)=N/NC)c1ccc2c(c1)CCC2. The van der Waals surface area contributed by atoms with Crippen molar-refractivity contribution >= 4 is 18.1 Å². The molecule has 0 heterocycles. The van der Waals surface area contributed by atoms with Gasteiger partial charge < -0.3 is 10.5 Å². The van der Waals surface area contributed by atoms with Crippen LogP contribution in [-0.4, -0.2) is 36.6 Å². The monoisotopic (exact) mass is 300 g/mol. The van der Waals surface area contributed by atoms with E-state index in [1.165, 1.54) is 17.5 Å². The minimum absolute atomic E-state index is 0.240. The first kappa shape index (κ1) is 16.1. The van der Waals surface area contributed by atoms with Crippen molar-refractivity contribution in [1.82, 2.24) is 10.4 Å². The van der Waals surface area contributed by atoms with E-state index in [2.05, 4.69) is 34.5 Å². The Bertz CT molecular complexity index is 619. The van der Waals surface area contributed by atoms with Crippen LogP contribution in [0.5, 0.6) is 0 Å². The number of nitrogens with one attached hydrogen (secondary N) is 1. The van der Waals surface area contributed by atoms with Crippen LogP contribution in [0, 0.1) is 0 Å². The zero-order valence-corrected chi connectivity index (χ0v) is 13.6. The van der Waals surface area contributed by atoms with Crippen LogP contribution in [0.4, 0.5) is 0 Å². The predicted molar refractivity (Wildman–Crippen MR) is 92.1 cm³/mol. The van der Waals surface area contributed by atoms with Crippen molar-refractivity contribution in [2.45, 2.75) is 32.6 Å². The van der Waals surface area contributed by atoms with Gasteiger partial charge in [0.05, 0.1) is 0 Å². The molecule has 0 aliphatic heterocycles. The van der Waals surface area contributed by atoms with Gasteiger partial charge in [-0.2, -0.15) is 10.2 Å². The van der Waals surface area contributed by atoms with Crippen LogP contribution in [-0.2, 0) is 12.8 Å². The molecular weight excluding hydrogens is 276 g/mol. The molecule has 0 amide bonds. The Morgan fingerprint density at radius 3 is 2.77 bits per heavy atom. The van der Waals surface area contributed by atoms with E-state index in [-0.39, 0.29) is 5.76 Å². The topological polar surface area (TPSA) is 60.2 Å². The minimum Gasteiger partial charge on any atom is -0.510 e. The van der Waals surface area contributed by atoms with Gasteiger partial charge in [0, 0.05) is 38.5 Å². The third-order valence-electron chi connectivity index (χ3n) is 3.91. The molecule has 0 fully saturated rings. The molecule has 1 aliphatic rings. The molecule has 0 spiro atoms. The zero-order chi connectivity index (χ0) is 16.1. The molecule has 0 bridgehead atoms. The maximum absolute atomic E-state index is 10.6. The van der Waals surface area contributed by atoms with E-state index >= 15 is 0 Å². The average Bonchev–Trinajstić information content (AvgIpc) is 2.95. The van der Waals surface area contributed by atoms with E-state index in [0.717, 1.165) is 24.1 Å². The van der Waals surface area contributed by atoms with Gasteiger partial charge in [0.15, 0.2) is 0 Å². The van der Waals surface area contributed by atoms with Gasteiger partial charge in [0.2, 0.25) is 0 Å². The molecule has 1 aliphatic carbocycles. The molecule has 1 aromatic rings. The van der Waals surface area contributed by atoms with E-state index in [1.54, 1.807) is 19.1 Å². The number of nitrogens with zero attached hydrogens (tertiary/aromatic N) is 3. The van der Waals surface area contributed by atoms with Gasteiger partial charge >= 0.3 is 0 Å². The number of aliphatic hydroxyl groups is 1. The van der Waals surface area contributed by atoms with Gasteiger partial charge in [-0.1, -0.05) is 12.1 Å². The lowest BCUT2D eigenvalue weighted by Crippen LogP contribution is -2.14. The largest absolute Gasteiger partial charge is 0.510 e. The van der Waals surface area contributed by atoms with E-state index in [1.807, 2.05) is 13.0 Å². The molecule has 5 heteroatoms. The first-order valence-corrected chi connectivity index (χ1v) is 7.51. The lowest BCUT2D eigenvalue weighted by Gasteiger charge is -2.20. The number of benzene rings is 1. The lowest BCUT2D eigenvalue weighted by molar-refractivity contribution is 0.385. The van der Waals surface area contributed by atoms with Gasteiger partial charge in [-0.05, 0) is 43.4 Å². The maximum Gasteiger partial charge on any atom is 0.124 e. The van der Waals surface area contributed by atoms with Crippen LogP contribution in [0.2, 0.25) is 0 Å². The fourth-order valence-electron chi connectivity index (χ4n) is 2.89. The highest BCUT2D eigenvalue weighted by atomic mass is 16.3. The summed E-state index contributed by atoms with van der Waals surface area (Å²) in [7, 11) is 3.53. The molecule has 0 saturated carbocycles. The Kier molecular flexibility index (Phi) is 5.20. The summed E-state index contributed by atoms with van der Waals surface area (Å²) in [6, 6.07) is 6.35. The Hall–Kier alpha value is -2.30. The minimum atomic E-state index is 0.240. The molecule has 0 aromatic heterocycles. The Morgan fingerprint density at radius 2 is 2.09 bits per heavy atom. The number of hydrogen-bond donors (Lipinski definition) is 2. The fourth-order valence-corrected chi connectivity index (χ4v) is 2.89.